The second-order valence-electron chi connectivity index (χ2n) is 10.3. The van der Waals surface area contributed by atoms with Crippen LogP contribution in [-0.4, -0.2) is 36.4 Å². The molecule has 3 atom stereocenters. The van der Waals surface area contributed by atoms with Gasteiger partial charge in [0.1, 0.15) is 5.82 Å². The maximum atomic E-state index is 13.3. The number of nitrogens with zero attached hydrogens (tertiary/aromatic N) is 1. The first-order valence-electron chi connectivity index (χ1n) is 14.9. The number of unbranched alkanes of at least 4 members (excludes halogenated alkanes) is 1. The summed E-state index contributed by atoms with van der Waals surface area (Å²) in [6, 6.07) is 5.00. The van der Waals surface area contributed by atoms with Crippen LogP contribution in [0.4, 0.5) is 4.39 Å². The SMILES string of the molecule is CC.CC1CCC(C(C)c2ccc(Cl)c(F)c2)O1.CC=N/C(C)=C(/C=C\CCC)C(\N)=C(/C)CC.COC(C)(C)O. The molecule has 41 heavy (non-hydrogen) atoms. The van der Waals surface area contributed by atoms with Gasteiger partial charge in [-0.15, -0.1) is 0 Å². The van der Waals surface area contributed by atoms with Crippen LogP contribution in [0.3, 0.4) is 0 Å². The highest BCUT2D eigenvalue weighted by Gasteiger charge is 2.28. The van der Waals surface area contributed by atoms with Crippen LogP contribution in [0.15, 0.2) is 57.9 Å². The molecule has 1 aliphatic heterocycles. The molecule has 1 fully saturated rings. The van der Waals surface area contributed by atoms with Gasteiger partial charge in [-0.25, -0.2) is 4.39 Å². The lowest BCUT2D eigenvalue weighted by atomic mass is 9.93. The lowest BCUT2D eigenvalue weighted by molar-refractivity contribution is -0.155. The number of nitrogens with two attached hydrogens (primary N) is 1. The van der Waals surface area contributed by atoms with Crippen molar-refractivity contribution in [3.05, 3.63) is 69.3 Å². The van der Waals surface area contributed by atoms with E-state index in [2.05, 4.69) is 56.5 Å². The van der Waals surface area contributed by atoms with Gasteiger partial charge in [0.25, 0.3) is 0 Å². The summed E-state index contributed by atoms with van der Waals surface area (Å²) in [5.41, 5.74) is 11.2. The minimum absolute atomic E-state index is 0.177. The van der Waals surface area contributed by atoms with E-state index in [9.17, 15) is 4.39 Å². The molecule has 0 aromatic heterocycles. The van der Waals surface area contributed by atoms with Crippen molar-refractivity contribution < 1.29 is 19.0 Å². The zero-order valence-corrected chi connectivity index (χ0v) is 28.5. The summed E-state index contributed by atoms with van der Waals surface area (Å²) in [6.07, 6.45) is 11.9. The fraction of sp³-hybridized carbons (Fsp3) is 0.618. The maximum Gasteiger partial charge on any atom is 0.159 e. The maximum absolute atomic E-state index is 13.3. The number of aliphatic imine (C=N–C) groups is 1. The van der Waals surface area contributed by atoms with Gasteiger partial charge in [0.15, 0.2) is 5.79 Å². The molecule has 0 amide bonds. The van der Waals surface area contributed by atoms with Crippen LogP contribution in [0.25, 0.3) is 0 Å². The van der Waals surface area contributed by atoms with Crippen molar-refractivity contribution in [2.75, 3.05) is 7.11 Å². The van der Waals surface area contributed by atoms with Gasteiger partial charge < -0.3 is 20.3 Å². The van der Waals surface area contributed by atoms with Crippen LogP contribution in [0, 0.1) is 5.82 Å². The van der Waals surface area contributed by atoms with Gasteiger partial charge in [-0.3, -0.25) is 4.99 Å². The van der Waals surface area contributed by atoms with Gasteiger partial charge in [0, 0.05) is 36.2 Å². The third kappa shape index (κ3) is 17.5. The summed E-state index contributed by atoms with van der Waals surface area (Å²) >= 11 is 5.66. The van der Waals surface area contributed by atoms with Crippen molar-refractivity contribution in [3.63, 3.8) is 0 Å². The van der Waals surface area contributed by atoms with Crippen molar-refractivity contribution in [2.24, 2.45) is 10.7 Å². The van der Waals surface area contributed by atoms with Gasteiger partial charge in [0.2, 0.25) is 0 Å². The average Bonchev–Trinajstić information content (AvgIpc) is 3.39. The van der Waals surface area contributed by atoms with Crippen molar-refractivity contribution >= 4 is 17.8 Å². The Balaban J connectivity index is 0. The Morgan fingerprint density at radius 2 is 1.85 bits per heavy atom. The average molecular weight is 597 g/mol. The van der Waals surface area contributed by atoms with Gasteiger partial charge >= 0.3 is 0 Å². The molecule has 3 unspecified atom stereocenters. The van der Waals surface area contributed by atoms with Gasteiger partial charge in [0.05, 0.1) is 17.2 Å². The summed E-state index contributed by atoms with van der Waals surface area (Å²) in [5.74, 6) is -1.09. The fourth-order valence-corrected chi connectivity index (χ4v) is 3.79. The molecule has 0 aliphatic carbocycles. The van der Waals surface area contributed by atoms with E-state index in [1.54, 1.807) is 26.1 Å². The normalized spacial score (nSPS) is 18.8. The van der Waals surface area contributed by atoms with Crippen LogP contribution in [0.1, 0.15) is 120 Å². The Labute approximate surface area is 255 Å². The number of halogens is 2. The van der Waals surface area contributed by atoms with Crippen molar-refractivity contribution in [1.82, 2.24) is 0 Å². The second-order valence-corrected chi connectivity index (χ2v) is 10.7. The van der Waals surface area contributed by atoms with Crippen LogP contribution in [-0.2, 0) is 9.47 Å². The highest BCUT2D eigenvalue weighted by Crippen LogP contribution is 2.32. The quantitative estimate of drug-likeness (QED) is 0.169. The van der Waals surface area contributed by atoms with E-state index < -0.39 is 5.79 Å². The minimum Gasteiger partial charge on any atom is -0.398 e. The fourth-order valence-electron chi connectivity index (χ4n) is 3.67. The monoisotopic (exact) mass is 596 g/mol. The molecule has 7 heteroatoms. The van der Waals surface area contributed by atoms with E-state index in [0.717, 1.165) is 54.6 Å². The number of benzene rings is 1. The van der Waals surface area contributed by atoms with Gasteiger partial charge in [-0.1, -0.05) is 70.9 Å². The predicted octanol–water partition coefficient (Wildman–Crippen LogP) is 9.89. The zero-order valence-electron chi connectivity index (χ0n) is 27.8. The molecule has 0 bridgehead atoms. The third-order valence-corrected chi connectivity index (χ3v) is 6.83. The summed E-state index contributed by atoms with van der Waals surface area (Å²) in [4.78, 5) is 4.33. The standard InChI is InChI=1S/C15H26N2.C13H16ClFO.C4H10O2.C2H6/c1-6-9-10-11-14(13(5)17-8-3)15(16)12(4)7-2;1-8-3-6-13(16-8)9(2)10-4-5-11(14)12(15)7-10;1-4(2,5)6-3;1-2/h8,10-11H,6-7,9,16H2,1-5H3;4-5,7-9,13H,3,6H2,1-2H3;5H,1-3H3;1-2H3/b11-10-,14-13-,15-12-,17-8?;;;. The van der Waals surface area contributed by atoms with Gasteiger partial charge in [-0.05, 0) is 90.5 Å². The van der Waals surface area contributed by atoms with E-state index in [-0.39, 0.29) is 22.9 Å². The smallest absolute Gasteiger partial charge is 0.159 e. The Morgan fingerprint density at radius 1 is 1.27 bits per heavy atom. The van der Waals surface area contributed by atoms with Crippen LogP contribution >= 0.6 is 11.6 Å². The Kier molecular flexibility index (Phi) is 22.7. The van der Waals surface area contributed by atoms with Crippen molar-refractivity contribution in [3.8, 4) is 0 Å². The molecule has 1 aromatic carbocycles. The molecule has 0 radical (unpaired) electrons. The molecular formula is C34H58ClFN2O3. The van der Waals surface area contributed by atoms with E-state index >= 15 is 0 Å². The topological polar surface area (TPSA) is 77.1 Å². The molecule has 5 nitrogen and oxygen atoms in total. The number of hydrogen-bond donors (Lipinski definition) is 2. The molecule has 1 aromatic rings. The van der Waals surface area contributed by atoms with Gasteiger partial charge in [-0.2, -0.15) is 0 Å². The lowest BCUT2D eigenvalue weighted by Gasteiger charge is -2.20. The molecule has 0 spiro atoms. The molecular weight excluding hydrogens is 539 g/mol. The summed E-state index contributed by atoms with van der Waals surface area (Å²) in [7, 11) is 1.46. The van der Waals surface area contributed by atoms with Crippen LogP contribution in [0.5, 0.6) is 0 Å². The number of ether oxygens (including phenoxy) is 2. The molecule has 2 rings (SSSR count). The highest BCUT2D eigenvalue weighted by molar-refractivity contribution is 6.30. The number of aliphatic hydroxyl groups is 1. The first-order chi connectivity index (χ1) is 19.2. The first-order valence-corrected chi connectivity index (χ1v) is 15.3. The summed E-state index contributed by atoms with van der Waals surface area (Å²) < 4.78 is 23.6. The number of allylic oxidation sites excluding steroid dienone is 4. The summed E-state index contributed by atoms with van der Waals surface area (Å²) in [5, 5.41) is 8.78. The van der Waals surface area contributed by atoms with Crippen molar-refractivity contribution in [1.29, 1.82) is 0 Å². The molecule has 236 valence electrons. The summed E-state index contributed by atoms with van der Waals surface area (Å²) in [6.45, 7) is 21.6. The second kappa shape index (κ2) is 22.6. The number of methoxy groups -OCH3 is 1. The molecule has 1 aliphatic rings. The van der Waals surface area contributed by atoms with Crippen LogP contribution in [0.2, 0.25) is 5.02 Å². The van der Waals surface area contributed by atoms with E-state index in [0.29, 0.717) is 6.10 Å². The van der Waals surface area contributed by atoms with E-state index in [1.165, 1.54) is 18.7 Å². The predicted molar refractivity (Wildman–Crippen MR) is 176 cm³/mol. The Hall–Kier alpha value is -1.99. The van der Waals surface area contributed by atoms with E-state index in [1.807, 2.05) is 33.8 Å². The Bertz CT molecular complexity index is 981. The van der Waals surface area contributed by atoms with Crippen molar-refractivity contribution in [2.45, 2.75) is 132 Å². The zero-order chi connectivity index (χ0) is 32.2. The molecule has 1 heterocycles. The molecule has 1 saturated heterocycles. The Morgan fingerprint density at radius 3 is 2.27 bits per heavy atom. The molecule has 0 saturated carbocycles. The molecule has 3 N–H and O–H groups in total. The minimum atomic E-state index is -0.958. The highest BCUT2D eigenvalue weighted by atomic mass is 35.5. The van der Waals surface area contributed by atoms with Crippen LogP contribution < -0.4 is 5.73 Å². The number of rotatable bonds is 9. The third-order valence-electron chi connectivity index (χ3n) is 6.52. The largest absolute Gasteiger partial charge is 0.398 e. The number of hydrogen-bond acceptors (Lipinski definition) is 5. The first kappa shape index (κ1) is 41.1. The van der Waals surface area contributed by atoms with E-state index in [4.69, 9.17) is 27.2 Å². The lowest BCUT2D eigenvalue weighted by Crippen LogP contribution is -2.20.